The highest BCUT2D eigenvalue weighted by molar-refractivity contribution is 7.80. The third-order valence-corrected chi connectivity index (χ3v) is 2.25. The van der Waals surface area contributed by atoms with Crippen molar-refractivity contribution in [3.63, 3.8) is 0 Å². The molecular weight excluding hydrogens is 180 g/mol. The SMILES string of the molecule is C=COC(=S)CCCCCCCC. The fraction of sp³-hybridized carbons (Fsp3) is 0.727. The van der Waals surface area contributed by atoms with E-state index in [-0.39, 0.29) is 0 Å². The van der Waals surface area contributed by atoms with Crippen molar-refractivity contribution in [3.05, 3.63) is 12.8 Å². The number of unbranched alkanes of at least 4 members (excludes halogenated alkanes) is 5. The monoisotopic (exact) mass is 200 g/mol. The van der Waals surface area contributed by atoms with E-state index in [0.29, 0.717) is 5.05 Å². The molecule has 0 aliphatic carbocycles. The lowest BCUT2D eigenvalue weighted by Gasteiger charge is -2.01. The van der Waals surface area contributed by atoms with Gasteiger partial charge in [-0.3, -0.25) is 0 Å². The van der Waals surface area contributed by atoms with Crippen LogP contribution in [0.1, 0.15) is 51.9 Å². The Labute approximate surface area is 87.2 Å². The van der Waals surface area contributed by atoms with Gasteiger partial charge in [0.25, 0.3) is 0 Å². The third kappa shape index (κ3) is 9.54. The van der Waals surface area contributed by atoms with E-state index < -0.39 is 0 Å². The van der Waals surface area contributed by atoms with Gasteiger partial charge >= 0.3 is 0 Å². The molecule has 0 bridgehead atoms. The molecule has 0 amide bonds. The fourth-order valence-corrected chi connectivity index (χ4v) is 1.41. The Morgan fingerprint density at radius 2 is 1.85 bits per heavy atom. The second kappa shape index (κ2) is 9.72. The van der Waals surface area contributed by atoms with Gasteiger partial charge in [0.2, 0.25) is 0 Å². The molecule has 0 N–H and O–H groups in total. The van der Waals surface area contributed by atoms with Gasteiger partial charge in [-0.1, -0.05) is 45.6 Å². The van der Waals surface area contributed by atoms with Crippen LogP contribution in [-0.2, 0) is 4.74 Å². The minimum absolute atomic E-state index is 0.672. The molecule has 0 saturated carbocycles. The number of rotatable bonds is 8. The standard InChI is InChI=1S/C11H20OS/c1-3-5-6-7-8-9-10-11(13)12-4-2/h4H,2-3,5-10H2,1H3. The van der Waals surface area contributed by atoms with Crippen LogP contribution in [0.25, 0.3) is 0 Å². The van der Waals surface area contributed by atoms with Crippen molar-refractivity contribution in [2.45, 2.75) is 51.9 Å². The number of ether oxygens (including phenoxy) is 1. The topological polar surface area (TPSA) is 9.23 Å². The van der Waals surface area contributed by atoms with Gasteiger partial charge in [-0.2, -0.15) is 0 Å². The quantitative estimate of drug-likeness (QED) is 0.329. The van der Waals surface area contributed by atoms with E-state index in [0.717, 1.165) is 12.8 Å². The summed E-state index contributed by atoms with van der Waals surface area (Å²) in [5, 5.41) is 0.672. The Balaban J connectivity index is 3.06. The summed E-state index contributed by atoms with van der Waals surface area (Å²) in [6, 6.07) is 0. The summed E-state index contributed by atoms with van der Waals surface area (Å²) in [6.45, 7) is 5.69. The highest BCUT2D eigenvalue weighted by Crippen LogP contribution is 2.07. The Morgan fingerprint density at radius 3 is 2.46 bits per heavy atom. The number of hydrogen-bond acceptors (Lipinski definition) is 2. The zero-order valence-corrected chi connectivity index (χ0v) is 9.37. The van der Waals surface area contributed by atoms with Crippen LogP contribution in [0.4, 0.5) is 0 Å². The lowest BCUT2D eigenvalue weighted by molar-refractivity contribution is 0.466. The van der Waals surface area contributed by atoms with Crippen LogP contribution in [0.3, 0.4) is 0 Å². The molecule has 0 saturated heterocycles. The summed E-state index contributed by atoms with van der Waals surface area (Å²) in [6.07, 6.45) is 10.0. The highest BCUT2D eigenvalue weighted by atomic mass is 32.1. The van der Waals surface area contributed by atoms with E-state index in [1.807, 2.05) is 0 Å². The first kappa shape index (κ1) is 12.6. The molecule has 0 heterocycles. The molecule has 0 aliphatic rings. The van der Waals surface area contributed by atoms with E-state index in [9.17, 15) is 0 Å². The van der Waals surface area contributed by atoms with Crippen molar-refractivity contribution in [3.8, 4) is 0 Å². The number of hydrogen-bond donors (Lipinski definition) is 0. The van der Waals surface area contributed by atoms with E-state index in [4.69, 9.17) is 17.0 Å². The van der Waals surface area contributed by atoms with Gasteiger partial charge in [-0.15, -0.1) is 0 Å². The average molecular weight is 200 g/mol. The summed E-state index contributed by atoms with van der Waals surface area (Å²) in [5.74, 6) is 0. The average Bonchev–Trinajstić information content (AvgIpc) is 2.11. The first-order chi connectivity index (χ1) is 6.31. The lowest BCUT2D eigenvalue weighted by Crippen LogP contribution is -1.95. The van der Waals surface area contributed by atoms with Crippen molar-refractivity contribution in [2.75, 3.05) is 0 Å². The van der Waals surface area contributed by atoms with E-state index in [2.05, 4.69) is 13.5 Å². The molecule has 2 heteroatoms. The van der Waals surface area contributed by atoms with Gasteiger partial charge in [-0.25, -0.2) is 0 Å². The molecule has 0 atom stereocenters. The molecule has 0 aromatic rings. The molecule has 0 fully saturated rings. The Morgan fingerprint density at radius 1 is 1.23 bits per heavy atom. The Kier molecular flexibility index (Phi) is 9.44. The van der Waals surface area contributed by atoms with Crippen LogP contribution >= 0.6 is 12.2 Å². The smallest absolute Gasteiger partial charge is 0.166 e. The maximum Gasteiger partial charge on any atom is 0.166 e. The van der Waals surface area contributed by atoms with Gasteiger partial charge in [0.05, 0.1) is 6.26 Å². The van der Waals surface area contributed by atoms with Gasteiger partial charge in [0, 0.05) is 6.42 Å². The zero-order valence-electron chi connectivity index (χ0n) is 8.55. The molecule has 0 radical (unpaired) electrons. The van der Waals surface area contributed by atoms with Crippen LogP contribution in [0, 0.1) is 0 Å². The molecular formula is C11H20OS. The van der Waals surface area contributed by atoms with Crippen LogP contribution in [-0.4, -0.2) is 5.05 Å². The molecule has 0 aromatic heterocycles. The minimum Gasteiger partial charge on any atom is -0.459 e. The minimum atomic E-state index is 0.672. The van der Waals surface area contributed by atoms with Gasteiger partial charge in [-0.05, 0) is 18.6 Å². The molecule has 13 heavy (non-hydrogen) atoms. The largest absolute Gasteiger partial charge is 0.459 e. The predicted molar refractivity (Wildman–Crippen MR) is 61.9 cm³/mol. The Hall–Kier alpha value is -0.370. The summed E-state index contributed by atoms with van der Waals surface area (Å²) < 4.78 is 4.96. The molecule has 0 aromatic carbocycles. The summed E-state index contributed by atoms with van der Waals surface area (Å²) >= 11 is 4.96. The van der Waals surface area contributed by atoms with Crippen molar-refractivity contribution >= 4 is 17.3 Å². The number of thiocarbonyl (C=S) groups is 1. The van der Waals surface area contributed by atoms with Gasteiger partial charge in [0.15, 0.2) is 5.05 Å². The summed E-state index contributed by atoms with van der Waals surface area (Å²) in [4.78, 5) is 0. The first-order valence-electron chi connectivity index (χ1n) is 5.11. The highest BCUT2D eigenvalue weighted by Gasteiger charge is 1.95. The van der Waals surface area contributed by atoms with E-state index >= 15 is 0 Å². The summed E-state index contributed by atoms with van der Waals surface area (Å²) in [5.41, 5.74) is 0. The zero-order chi connectivity index (χ0) is 9.94. The van der Waals surface area contributed by atoms with Crippen molar-refractivity contribution in [2.24, 2.45) is 0 Å². The lowest BCUT2D eigenvalue weighted by atomic mass is 10.1. The van der Waals surface area contributed by atoms with Crippen LogP contribution in [0.2, 0.25) is 0 Å². The maximum atomic E-state index is 4.96. The normalized spacial score (nSPS) is 9.62. The molecule has 76 valence electrons. The second-order valence-corrected chi connectivity index (χ2v) is 3.63. The van der Waals surface area contributed by atoms with Crippen molar-refractivity contribution in [1.82, 2.24) is 0 Å². The fourth-order valence-electron chi connectivity index (χ4n) is 1.20. The summed E-state index contributed by atoms with van der Waals surface area (Å²) in [7, 11) is 0. The van der Waals surface area contributed by atoms with Crippen LogP contribution < -0.4 is 0 Å². The third-order valence-electron chi connectivity index (χ3n) is 1.95. The molecule has 0 aliphatic heterocycles. The second-order valence-electron chi connectivity index (χ2n) is 3.17. The van der Waals surface area contributed by atoms with E-state index in [1.54, 1.807) is 0 Å². The molecule has 0 spiro atoms. The predicted octanol–water partition coefficient (Wildman–Crippen LogP) is 4.22. The maximum absolute atomic E-state index is 4.96. The van der Waals surface area contributed by atoms with E-state index in [1.165, 1.54) is 38.4 Å². The first-order valence-corrected chi connectivity index (χ1v) is 5.52. The van der Waals surface area contributed by atoms with Crippen molar-refractivity contribution in [1.29, 1.82) is 0 Å². The van der Waals surface area contributed by atoms with Crippen molar-refractivity contribution < 1.29 is 4.74 Å². The van der Waals surface area contributed by atoms with Gasteiger partial charge < -0.3 is 4.74 Å². The van der Waals surface area contributed by atoms with Crippen LogP contribution in [0.15, 0.2) is 12.8 Å². The van der Waals surface area contributed by atoms with Gasteiger partial charge in [0.1, 0.15) is 0 Å². The molecule has 1 nitrogen and oxygen atoms in total. The van der Waals surface area contributed by atoms with Crippen LogP contribution in [0.5, 0.6) is 0 Å². The molecule has 0 rings (SSSR count). The Bertz CT molecular complexity index is 143. The molecule has 0 unspecified atom stereocenters.